The Labute approximate surface area is 132 Å². The van der Waals surface area contributed by atoms with Gasteiger partial charge in [0.2, 0.25) is 0 Å². The summed E-state index contributed by atoms with van der Waals surface area (Å²) in [5, 5.41) is 12.8. The largest absolute Gasteiger partial charge is 0.444 e. The van der Waals surface area contributed by atoms with Crippen molar-refractivity contribution in [1.82, 2.24) is 19.8 Å². The Morgan fingerprint density at radius 2 is 2.23 bits per heavy atom. The number of amides is 1. The molecule has 1 aromatic rings. The molecule has 0 bridgehead atoms. The Balaban J connectivity index is 2.44. The van der Waals surface area contributed by atoms with E-state index >= 15 is 0 Å². The zero-order valence-corrected chi connectivity index (χ0v) is 14.2. The fourth-order valence-electron chi connectivity index (χ4n) is 1.88. The van der Waals surface area contributed by atoms with Crippen LogP contribution in [-0.2, 0) is 18.3 Å². The van der Waals surface area contributed by atoms with Crippen molar-refractivity contribution in [2.24, 2.45) is 7.05 Å². The van der Waals surface area contributed by atoms with Crippen LogP contribution in [0.4, 0.5) is 4.79 Å². The van der Waals surface area contributed by atoms with Crippen molar-refractivity contribution in [3.8, 4) is 0 Å². The van der Waals surface area contributed by atoms with E-state index in [9.17, 15) is 9.90 Å². The van der Waals surface area contributed by atoms with Gasteiger partial charge in [0.15, 0.2) is 0 Å². The number of aliphatic hydroxyl groups excluding tert-OH is 1. The van der Waals surface area contributed by atoms with Crippen molar-refractivity contribution < 1.29 is 14.6 Å². The van der Waals surface area contributed by atoms with E-state index in [1.54, 1.807) is 13.1 Å². The Kier molecular flexibility index (Phi) is 6.83. The van der Waals surface area contributed by atoms with Crippen molar-refractivity contribution in [3.63, 3.8) is 0 Å². The first-order chi connectivity index (χ1) is 10.2. The summed E-state index contributed by atoms with van der Waals surface area (Å²) in [5.74, 6) is 0.930. The average molecular weight is 312 g/mol. The van der Waals surface area contributed by atoms with Gasteiger partial charge in [-0.2, -0.15) is 0 Å². The summed E-state index contributed by atoms with van der Waals surface area (Å²) in [6, 6.07) is 0. The molecule has 0 aromatic carbocycles. The van der Waals surface area contributed by atoms with Gasteiger partial charge >= 0.3 is 6.09 Å². The number of hydrogen-bond donors (Lipinski definition) is 2. The Bertz CT molecular complexity index is 466. The molecule has 7 nitrogen and oxygen atoms in total. The molecule has 1 unspecified atom stereocenters. The number of rotatable bonds is 7. The third-order valence-corrected chi connectivity index (χ3v) is 2.90. The summed E-state index contributed by atoms with van der Waals surface area (Å²) in [7, 11) is 1.93. The van der Waals surface area contributed by atoms with Gasteiger partial charge in [-0.05, 0) is 27.7 Å². The molecule has 0 aliphatic heterocycles. The number of aliphatic hydroxyl groups is 1. The van der Waals surface area contributed by atoms with Gasteiger partial charge < -0.3 is 24.6 Å². The molecule has 2 N–H and O–H groups in total. The molecule has 22 heavy (non-hydrogen) atoms. The van der Waals surface area contributed by atoms with Gasteiger partial charge in [0.05, 0.1) is 12.6 Å². The Morgan fingerprint density at radius 1 is 1.55 bits per heavy atom. The zero-order valence-electron chi connectivity index (χ0n) is 14.2. The maximum atomic E-state index is 12.1. The van der Waals surface area contributed by atoms with Crippen molar-refractivity contribution in [2.45, 2.75) is 45.9 Å². The summed E-state index contributed by atoms with van der Waals surface area (Å²) in [5.41, 5.74) is -0.547. The summed E-state index contributed by atoms with van der Waals surface area (Å²) in [4.78, 5) is 17.9. The van der Waals surface area contributed by atoms with E-state index in [1.807, 2.05) is 38.6 Å². The zero-order chi connectivity index (χ0) is 16.8. The van der Waals surface area contributed by atoms with Crippen LogP contribution in [-0.4, -0.2) is 57.0 Å². The van der Waals surface area contributed by atoms with Gasteiger partial charge in [-0.25, -0.2) is 9.78 Å². The second-order valence-electron chi connectivity index (χ2n) is 6.41. The minimum atomic E-state index is -0.595. The highest BCUT2D eigenvalue weighted by Gasteiger charge is 2.22. The number of aromatic nitrogens is 2. The molecule has 1 atom stereocenters. The summed E-state index contributed by atoms with van der Waals surface area (Å²) < 4.78 is 7.29. The standard InChI is InChI=1S/C15H28N4O3/c1-12(20)11-19(14(21)22-15(2,3)4)9-6-16-10-13-17-7-8-18(13)5/h7-8,12,16,20H,6,9-11H2,1-5H3. The second-order valence-corrected chi connectivity index (χ2v) is 6.41. The van der Waals surface area contributed by atoms with Crippen LogP contribution >= 0.6 is 0 Å². The molecule has 0 saturated heterocycles. The molecule has 0 aliphatic rings. The van der Waals surface area contributed by atoms with Crippen LogP contribution in [0.1, 0.15) is 33.5 Å². The SMILES string of the molecule is CC(O)CN(CCNCc1nccn1C)C(=O)OC(C)(C)C. The second kappa shape index (κ2) is 8.14. The molecule has 1 heterocycles. The van der Waals surface area contributed by atoms with Gasteiger partial charge in [0.1, 0.15) is 11.4 Å². The lowest BCUT2D eigenvalue weighted by atomic mass is 10.2. The van der Waals surface area contributed by atoms with Crippen LogP contribution in [0.3, 0.4) is 0 Å². The molecule has 126 valence electrons. The van der Waals surface area contributed by atoms with Crippen LogP contribution in [0.15, 0.2) is 12.4 Å². The van der Waals surface area contributed by atoms with E-state index in [-0.39, 0.29) is 6.54 Å². The van der Waals surface area contributed by atoms with E-state index < -0.39 is 17.8 Å². The number of nitrogens with zero attached hydrogens (tertiary/aromatic N) is 3. The number of ether oxygens (including phenoxy) is 1. The van der Waals surface area contributed by atoms with Gasteiger partial charge in [0.25, 0.3) is 0 Å². The van der Waals surface area contributed by atoms with Crippen LogP contribution in [0.25, 0.3) is 0 Å². The molecule has 0 radical (unpaired) electrons. The van der Waals surface area contributed by atoms with Gasteiger partial charge in [-0.15, -0.1) is 0 Å². The van der Waals surface area contributed by atoms with E-state index in [0.717, 1.165) is 5.82 Å². The molecular formula is C15H28N4O3. The van der Waals surface area contributed by atoms with Crippen molar-refractivity contribution in [1.29, 1.82) is 0 Å². The fourth-order valence-corrected chi connectivity index (χ4v) is 1.88. The molecule has 1 amide bonds. The minimum absolute atomic E-state index is 0.249. The normalized spacial score (nSPS) is 13.0. The summed E-state index contributed by atoms with van der Waals surface area (Å²) in [6.45, 7) is 9.06. The van der Waals surface area contributed by atoms with Crippen molar-refractivity contribution in [2.75, 3.05) is 19.6 Å². The molecular weight excluding hydrogens is 284 g/mol. The predicted octanol–water partition coefficient (Wildman–Crippen LogP) is 1.13. The monoisotopic (exact) mass is 312 g/mol. The number of carbonyl (C=O) groups excluding carboxylic acids is 1. The molecule has 0 fully saturated rings. The summed E-state index contributed by atoms with van der Waals surface area (Å²) in [6.07, 6.45) is 2.63. The molecule has 1 aromatic heterocycles. The van der Waals surface area contributed by atoms with Crippen LogP contribution < -0.4 is 5.32 Å². The lowest BCUT2D eigenvalue weighted by molar-refractivity contribution is 0.0164. The molecule has 1 rings (SSSR count). The molecule has 0 spiro atoms. The first-order valence-electron chi connectivity index (χ1n) is 7.52. The molecule has 0 saturated carbocycles. The third-order valence-electron chi connectivity index (χ3n) is 2.90. The molecule has 0 aliphatic carbocycles. The van der Waals surface area contributed by atoms with E-state index in [0.29, 0.717) is 19.6 Å². The first kappa shape index (κ1) is 18.4. The van der Waals surface area contributed by atoms with Gasteiger partial charge in [0, 0.05) is 39.1 Å². The highest BCUT2D eigenvalue weighted by Crippen LogP contribution is 2.10. The summed E-state index contributed by atoms with van der Waals surface area (Å²) >= 11 is 0. The quantitative estimate of drug-likeness (QED) is 0.738. The Morgan fingerprint density at radius 3 is 2.73 bits per heavy atom. The average Bonchev–Trinajstić information content (AvgIpc) is 2.76. The fraction of sp³-hybridized carbons (Fsp3) is 0.733. The van der Waals surface area contributed by atoms with E-state index in [1.165, 1.54) is 4.90 Å². The van der Waals surface area contributed by atoms with Crippen LogP contribution in [0, 0.1) is 0 Å². The van der Waals surface area contributed by atoms with E-state index in [2.05, 4.69) is 10.3 Å². The maximum Gasteiger partial charge on any atom is 0.410 e. The highest BCUT2D eigenvalue weighted by molar-refractivity contribution is 5.68. The first-order valence-corrected chi connectivity index (χ1v) is 7.52. The number of carbonyl (C=O) groups is 1. The minimum Gasteiger partial charge on any atom is -0.444 e. The maximum absolute atomic E-state index is 12.1. The lowest BCUT2D eigenvalue weighted by Gasteiger charge is -2.28. The third kappa shape index (κ3) is 6.91. The van der Waals surface area contributed by atoms with Crippen LogP contribution in [0.5, 0.6) is 0 Å². The van der Waals surface area contributed by atoms with Gasteiger partial charge in [-0.1, -0.05) is 0 Å². The lowest BCUT2D eigenvalue weighted by Crippen LogP contribution is -2.43. The van der Waals surface area contributed by atoms with Crippen molar-refractivity contribution in [3.05, 3.63) is 18.2 Å². The van der Waals surface area contributed by atoms with Crippen molar-refractivity contribution >= 4 is 6.09 Å². The topological polar surface area (TPSA) is 79.6 Å². The van der Waals surface area contributed by atoms with E-state index in [4.69, 9.17) is 4.74 Å². The number of imidazole rings is 1. The smallest absolute Gasteiger partial charge is 0.410 e. The number of nitrogens with one attached hydrogen (secondary N) is 1. The highest BCUT2D eigenvalue weighted by atomic mass is 16.6. The number of aryl methyl sites for hydroxylation is 1. The predicted molar refractivity (Wildman–Crippen MR) is 84.4 cm³/mol. The number of hydrogen-bond acceptors (Lipinski definition) is 5. The van der Waals surface area contributed by atoms with Gasteiger partial charge in [-0.3, -0.25) is 0 Å². The Hall–Kier alpha value is -1.60. The van der Waals surface area contributed by atoms with Crippen LogP contribution in [0.2, 0.25) is 0 Å². The molecule has 7 heteroatoms.